The number of nitrogens with zero attached hydrogens (tertiary/aromatic N) is 3. The minimum Gasteiger partial charge on any atom is -0.367 e. The first kappa shape index (κ1) is 15.5. The lowest BCUT2D eigenvalue weighted by atomic mass is 10.1. The van der Waals surface area contributed by atoms with E-state index in [4.69, 9.17) is 4.74 Å². The van der Waals surface area contributed by atoms with Crippen LogP contribution in [0, 0.1) is 0 Å². The molecule has 6 nitrogen and oxygen atoms in total. The number of nitrogens with one attached hydrogen (secondary N) is 1. The largest absolute Gasteiger partial charge is 0.367 e. The van der Waals surface area contributed by atoms with Crippen molar-refractivity contribution in [3.05, 3.63) is 41.7 Å². The number of ether oxygens (including phenoxy) is 1. The van der Waals surface area contributed by atoms with Gasteiger partial charge in [0.2, 0.25) is 0 Å². The van der Waals surface area contributed by atoms with Gasteiger partial charge in [0, 0.05) is 14.2 Å². The molecule has 0 spiro atoms. The van der Waals surface area contributed by atoms with Gasteiger partial charge in [-0.1, -0.05) is 42.1 Å². The van der Waals surface area contributed by atoms with Crippen molar-refractivity contribution in [2.45, 2.75) is 17.8 Å². The summed E-state index contributed by atoms with van der Waals surface area (Å²) >= 11 is 1.51. The van der Waals surface area contributed by atoms with Crippen LogP contribution in [0.5, 0.6) is 0 Å². The Morgan fingerprint density at radius 2 is 2.10 bits per heavy atom. The highest BCUT2D eigenvalue weighted by Gasteiger charge is 2.20. The zero-order valence-electron chi connectivity index (χ0n) is 12.2. The molecule has 2 rings (SSSR count). The quantitative estimate of drug-likeness (QED) is 0.820. The molecule has 0 bridgehead atoms. The molecule has 1 N–H and O–H groups in total. The lowest BCUT2D eigenvalue weighted by Crippen LogP contribution is -2.30. The van der Waals surface area contributed by atoms with E-state index < -0.39 is 6.10 Å². The smallest absolute Gasteiger partial charge is 0.254 e. The van der Waals surface area contributed by atoms with Gasteiger partial charge in [-0.25, -0.2) is 0 Å². The number of amides is 1. The highest BCUT2D eigenvalue weighted by atomic mass is 32.2. The molecule has 1 aromatic heterocycles. The number of methoxy groups -OCH3 is 1. The first-order valence-electron chi connectivity index (χ1n) is 6.45. The van der Waals surface area contributed by atoms with Crippen LogP contribution in [0.3, 0.4) is 0 Å². The first-order valence-corrected chi connectivity index (χ1v) is 7.67. The van der Waals surface area contributed by atoms with E-state index in [0.717, 1.165) is 10.7 Å². The van der Waals surface area contributed by atoms with Crippen molar-refractivity contribution in [1.29, 1.82) is 0 Å². The Kier molecular flexibility index (Phi) is 5.35. The van der Waals surface area contributed by atoms with Crippen molar-refractivity contribution < 1.29 is 9.53 Å². The SMILES string of the molecule is COC(C(=O)NCc1nnc(SC)n1C)c1ccccc1. The zero-order chi connectivity index (χ0) is 15.2. The molecule has 7 heteroatoms. The average Bonchev–Trinajstić information content (AvgIpc) is 2.87. The summed E-state index contributed by atoms with van der Waals surface area (Å²) in [5, 5.41) is 11.7. The van der Waals surface area contributed by atoms with Crippen LogP contribution in [0.15, 0.2) is 35.5 Å². The van der Waals surface area contributed by atoms with E-state index in [-0.39, 0.29) is 5.91 Å². The fourth-order valence-electron chi connectivity index (χ4n) is 1.96. The number of hydrogen-bond donors (Lipinski definition) is 1. The molecule has 2 aromatic rings. The van der Waals surface area contributed by atoms with Crippen LogP contribution in [0.25, 0.3) is 0 Å². The Labute approximate surface area is 127 Å². The first-order chi connectivity index (χ1) is 10.2. The average molecular weight is 306 g/mol. The number of carbonyl (C=O) groups excluding carboxylic acids is 1. The molecule has 0 radical (unpaired) electrons. The molecule has 0 aliphatic carbocycles. The maximum absolute atomic E-state index is 12.2. The van der Waals surface area contributed by atoms with Crippen LogP contribution in [-0.4, -0.2) is 34.0 Å². The third-order valence-corrected chi connectivity index (χ3v) is 3.83. The van der Waals surface area contributed by atoms with Gasteiger partial charge >= 0.3 is 0 Å². The van der Waals surface area contributed by atoms with Crippen molar-refractivity contribution in [2.24, 2.45) is 7.05 Å². The van der Waals surface area contributed by atoms with Gasteiger partial charge in [0.05, 0.1) is 6.54 Å². The van der Waals surface area contributed by atoms with Crippen molar-refractivity contribution in [3.63, 3.8) is 0 Å². The van der Waals surface area contributed by atoms with E-state index in [0.29, 0.717) is 12.4 Å². The molecule has 0 aliphatic rings. The van der Waals surface area contributed by atoms with Crippen molar-refractivity contribution in [1.82, 2.24) is 20.1 Å². The number of hydrogen-bond acceptors (Lipinski definition) is 5. The maximum atomic E-state index is 12.2. The van der Waals surface area contributed by atoms with Gasteiger partial charge in [-0.2, -0.15) is 0 Å². The Morgan fingerprint density at radius 1 is 1.38 bits per heavy atom. The monoisotopic (exact) mass is 306 g/mol. The molecule has 112 valence electrons. The standard InChI is InChI=1S/C14H18N4O2S/c1-18-11(16-17-14(18)21-3)9-15-13(19)12(20-2)10-7-5-4-6-8-10/h4-8,12H,9H2,1-3H3,(H,15,19). The van der Waals surface area contributed by atoms with Gasteiger partial charge in [-0.15, -0.1) is 10.2 Å². The van der Waals surface area contributed by atoms with Gasteiger partial charge < -0.3 is 14.6 Å². The van der Waals surface area contributed by atoms with Gasteiger partial charge in [-0.05, 0) is 11.8 Å². The summed E-state index contributed by atoms with van der Waals surface area (Å²) in [6.45, 7) is 0.315. The van der Waals surface area contributed by atoms with Crippen molar-refractivity contribution in [3.8, 4) is 0 Å². The van der Waals surface area contributed by atoms with Gasteiger partial charge in [0.1, 0.15) is 0 Å². The van der Waals surface area contributed by atoms with E-state index >= 15 is 0 Å². The number of aromatic nitrogens is 3. The van der Waals surface area contributed by atoms with E-state index in [1.165, 1.54) is 18.9 Å². The fourth-order valence-corrected chi connectivity index (χ4v) is 2.46. The predicted molar refractivity (Wildman–Crippen MR) is 80.8 cm³/mol. The summed E-state index contributed by atoms with van der Waals surface area (Å²) in [5.41, 5.74) is 0.820. The van der Waals surface area contributed by atoms with Gasteiger partial charge in [0.25, 0.3) is 5.91 Å². The Hall–Kier alpha value is -1.86. The molecule has 1 aromatic carbocycles. The lowest BCUT2D eigenvalue weighted by Gasteiger charge is -2.15. The van der Waals surface area contributed by atoms with E-state index in [2.05, 4.69) is 15.5 Å². The second-order valence-electron chi connectivity index (χ2n) is 4.41. The Bertz CT molecular complexity index is 600. The predicted octanol–water partition coefficient (Wildman–Crippen LogP) is 1.54. The zero-order valence-corrected chi connectivity index (χ0v) is 13.1. The summed E-state index contributed by atoms with van der Waals surface area (Å²) in [4.78, 5) is 12.2. The minimum atomic E-state index is -0.626. The van der Waals surface area contributed by atoms with Crippen molar-refractivity contribution >= 4 is 17.7 Å². The molecule has 1 atom stereocenters. The van der Waals surface area contributed by atoms with Crippen LogP contribution in [0.2, 0.25) is 0 Å². The second kappa shape index (κ2) is 7.24. The van der Waals surface area contributed by atoms with Crippen LogP contribution in [-0.2, 0) is 23.1 Å². The summed E-state index contributed by atoms with van der Waals surface area (Å²) in [7, 11) is 3.39. The topological polar surface area (TPSA) is 69.0 Å². The molecule has 21 heavy (non-hydrogen) atoms. The normalized spacial score (nSPS) is 12.1. The van der Waals surface area contributed by atoms with Crippen LogP contribution in [0.1, 0.15) is 17.5 Å². The molecular weight excluding hydrogens is 288 g/mol. The Morgan fingerprint density at radius 3 is 2.67 bits per heavy atom. The van der Waals surface area contributed by atoms with Gasteiger partial charge in [0.15, 0.2) is 17.1 Å². The molecule has 1 heterocycles. The third kappa shape index (κ3) is 3.62. The number of thioether (sulfide) groups is 1. The molecule has 0 aliphatic heterocycles. The third-order valence-electron chi connectivity index (χ3n) is 3.10. The molecular formula is C14H18N4O2S. The Balaban J connectivity index is 2.01. The summed E-state index contributed by atoms with van der Waals surface area (Å²) in [6.07, 6.45) is 1.31. The minimum absolute atomic E-state index is 0.197. The van der Waals surface area contributed by atoms with E-state index in [9.17, 15) is 4.79 Å². The summed E-state index contributed by atoms with van der Waals surface area (Å²) in [6, 6.07) is 9.38. The molecule has 1 unspecified atom stereocenters. The van der Waals surface area contributed by atoms with Gasteiger partial charge in [-0.3, -0.25) is 4.79 Å². The summed E-state index contributed by atoms with van der Waals surface area (Å²) < 4.78 is 7.14. The number of rotatable bonds is 6. The second-order valence-corrected chi connectivity index (χ2v) is 5.18. The van der Waals surface area contributed by atoms with Crippen LogP contribution in [0.4, 0.5) is 0 Å². The lowest BCUT2D eigenvalue weighted by molar-refractivity contribution is -0.131. The molecule has 0 saturated carbocycles. The summed E-state index contributed by atoms with van der Waals surface area (Å²) in [5.74, 6) is 0.507. The molecule has 1 amide bonds. The molecule has 0 fully saturated rings. The van der Waals surface area contributed by atoms with E-state index in [1.54, 1.807) is 0 Å². The van der Waals surface area contributed by atoms with Crippen LogP contribution >= 0.6 is 11.8 Å². The highest BCUT2D eigenvalue weighted by Crippen LogP contribution is 2.16. The molecule has 0 saturated heterocycles. The van der Waals surface area contributed by atoms with Crippen LogP contribution < -0.4 is 5.32 Å². The highest BCUT2D eigenvalue weighted by molar-refractivity contribution is 7.98. The van der Waals surface area contributed by atoms with E-state index in [1.807, 2.05) is 48.2 Å². The fraction of sp³-hybridized carbons (Fsp3) is 0.357. The van der Waals surface area contributed by atoms with Crippen molar-refractivity contribution in [2.75, 3.05) is 13.4 Å². The number of benzene rings is 1. The number of carbonyl (C=O) groups is 1. The maximum Gasteiger partial charge on any atom is 0.254 e.